The summed E-state index contributed by atoms with van der Waals surface area (Å²) in [6, 6.07) is 6.38. The Morgan fingerprint density at radius 2 is 1.91 bits per heavy atom. The monoisotopic (exact) mass is 323 g/mol. The summed E-state index contributed by atoms with van der Waals surface area (Å²) in [6.45, 7) is 5.00. The van der Waals surface area contributed by atoms with Crippen molar-refractivity contribution in [3.8, 4) is 5.75 Å². The Balaban J connectivity index is 2.22. The summed E-state index contributed by atoms with van der Waals surface area (Å²) in [5.74, 6) is 0.627. The maximum Gasteiger partial charge on any atom is 0.243 e. The van der Waals surface area contributed by atoms with Crippen LogP contribution in [0.3, 0.4) is 0 Å². The number of benzene rings is 1. The van der Waals surface area contributed by atoms with Crippen LogP contribution in [0.1, 0.15) is 18.2 Å². The first-order chi connectivity index (χ1) is 10.4. The number of hydrogen-bond acceptors (Lipinski definition) is 4. The summed E-state index contributed by atoms with van der Waals surface area (Å²) in [4.78, 5) is 0.247. The second kappa shape index (κ2) is 6.50. The van der Waals surface area contributed by atoms with E-state index in [0.717, 1.165) is 17.8 Å². The number of hydrogen-bond donors (Lipinski definition) is 0. The fourth-order valence-electron chi connectivity index (χ4n) is 2.21. The van der Waals surface area contributed by atoms with Crippen LogP contribution in [0, 0.1) is 6.92 Å². The summed E-state index contributed by atoms with van der Waals surface area (Å²) >= 11 is 0. The molecule has 0 atom stereocenters. The molecule has 2 aromatic rings. The molecular weight excluding hydrogens is 302 g/mol. The predicted molar refractivity (Wildman–Crippen MR) is 84.3 cm³/mol. The van der Waals surface area contributed by atoms with Gasteiger partial charge in [0.15, 0.2) is 0 Å². The zero-order chi connectivity index (χ0) is 16.3. The van der Waals surface area contributed by atoms with Crippen molar-refractivity contribution < 1.29 is 13.2 Å². The van der Waals surface area contributed by atoms with Gasteiger partial charge in [-0.3, -0.25) is 4.68 Å². The minimum absolute atomic E-state index is 0.247. The molecule has 0 radical (unpaired) electrons. The minimum atomic E-state index is -3.54. The number of rotatable bonds is 6. The summed E-state index contributed by atoms with van der Waals surface area (Å²) in [5, 5.41) is 4.24. The van der Waals surface area contributed by atoms with Crippen LogP contribution in [-0.4, -0.2) is 36.7 Å². The van der Waals surface area contributed by atoms with E-state index in [4.69, 9.17) is 4.74 Å². The topological polar surface area (TPSA) is 64.4 Å². The molecule has 120 valence electrons. The minimum Gasteiger partial charge on any atom is -0.497 e. The third kappa shape index (κ3) is 3.15. The SMILES string of the molecule is CCn1ncc(CN(C)S(=O)(=O)c2ccc(OC)cc2)c1C. The molecule has 0 amide bonds. The van der Waals surface area contributed by atoms with Crippen LogP contribution >= 0.6 is 0 Å². The van der Waals surface area contributed by atoms with Crippen LogP contribution < -0.4 is 4.74 Å². The first-order valence-corrected chi connectivity index (χ1v) is 8.45. The largest absolute Gasteiger partial charge is 0.497 e. The third-order valence-electron chi connectivity index (χ3n) is 3.67. The van der Waals surface area contributed by atoms with Crippen LogP contribution in [0.15, 0.2) is 35.4 Å². The molecule has 0 aliphatic carbocycles. The number of ether oxygens (including phenoxy) is 1. The van der Waals surface area contributed by atoms with Gasteiger partial charge in [-0.1, -0.05) is 0 Å². The molecule has 0 spiro atoms. The van der Waals surface area contributed by atoms with Gasteiger partial charge in [-0.15, -0.1) is 0 Å². The van der Waals surface area contributed by atoms with Gasteiger partial charge in [0.2, 0.25) is 10.0 Å². The zero-order valence-corrected chi connectivity index (χ0v) is 14.1. The lowest BCUT2D eigenvalue weighted by Crippen LogP contribution is -2.26. The second-order valence-electron chi connectivity index (χ2n) is 5.01. The van der Waals surface area contributed by atoms with E-state index in [-0.39, 0.29) is 4.90 Å². The average Bonchev–Trinajstić information content (AvgIpc) is 2.87. The molecule has 7 heteroatoms. The lowest BCUT2D eigenvalue weighted by Gasteiger charge is -2.17. The van der Waals surface area contributed by atoms with Crippen molar-refractivity contribution in [2.75, 3.05) is 14.2 Å². The second-order valence-corrected chi connectivity index (χ2v) is 7.05. The molecule has 0 unspecified atom stereocenters. The Morgan fingerprint density at radius 3 is 2.41 bits per heavy atom. The van der Waals surface area contributed by atoms with Crippen LogP contribution in [-0.2, 0) is 23.1 Å². The molecule has 0 N–H and O–H groups in total. The van der Waals surface area contributed by atoms with Crippen molar-refractivity contribution >= 4 is 10.0 Å². The molecular formula is C15H21N3O3S. The molecule has 1 heterocycles. The van der Waals surface area contributed by atoms with Crippen molar-refractivity contribution in [3.05, 3.63) is 41.7 Å². The smallest absolute Gasteiger partial charge is 0.243 e. The van der Waals surface area contributed by atoms with E-state index in [1.165, 1.54) is 4.31 Å². The van der Waals surface area contributed by atoms with Crippen molar-refractivity contribution in [3.63, 3.8) is 0 Å². The molecule has 0 saturated carbocycles. The molecule has 0 fully saturated rings. The van der Waals surface area contributed by atoms with E-state index < -0.39 is 10.0 Å². The van der Waals surface area contributed by atoms with Crippen molar-refractivity contribution in [1.82, 2.24) is 14.1 Å². The van der Waals surface area contributed by atoms with Crippen molar-refractivity contribution in [1.29, 1.82) is 0 Å². The Kier molecular flexibility index (Phi) is 4.87. The zero-order valence-electron chi connectivity index (χ0n) is 13.3. The van der Waals surface area contributed by atoms with Gasteiger partial charge in [0, 0.05) is 31.4 Å². The Hall–Kier alpha value is -1.86. The van der Waals surface area contributed by atoms with Gasteiger partial charge in [-0.05, 0) is 38.1 Å². The summed E-state index contributed by atoms with van der Waals surface area (Å²) in [6.07, 6.45) is 1.72. The molecule has 2 rings (SSSR count). The average molecular weight is 323 g/mol. The van der Waals surface area contributed by atoms with E-state index >= 15 is 0 Å². The number of aromatic nitrogens is 2. The number of nitrogens with zero attached hydrogens (tertiary/aromatic N) is 3. The Morgan fingerprint density at radius 1 is 1.27 bits per heavy atom. The van der Waals surface area contributed by atoms with Crippen LogP contribution in [0.5, 0.6) is 5.75 Å². The molecule has 0 saturated heterocycles. The highest BCUT2D eigenvalue weighted by Crippen LogP contribution is 2.20. The molecule has 22 heavy (non-hydrogen) atoms. The highest BCUT2D eigenvalue weighted by Gasteiger charge is 2.22. The maximum atomic E-state index is 12.6. The van der Waals surface area contributed by atoms with E-state index in [2.05, 4.69) is 5.10 Å². The highest BCUT2D eigenvalue weighted by atomic mass is 32.2. The fourth-order valence-corrected chi connectivity index (χ4v) is 3.36. The van der Waals surface area contributed by atoms with E-state index in [1.54, 1.807) is 44.6 Å². The van der Waals surface area contributed by atoms with Crippen LogP contribution in [0.4, 0.5) is 0 Å². The highest BCUT2D eigenvalue weighted by molar-refractivity contribution is 7.89. The first kappa shape index (κ1) is 16.5. The number of sulfonamides is 1. The lowest BCUT2D eigenvalue weighted by molar-refractivity contribution is 0.414. The van der Waals surface area contributed by atoms with Gasteiger partial charge in [-0.25, -0.2) is 8.42 Å². The maximum absolute atomic E-state index is 12.6. The van der Waals surface area contributed by atoms with Gasteiger partial charge in [0.25, 0.3) is 0 Å². The molecule has 0 bridgehead atoms. The Bertz CT molecular complexity index is 736. The quantitative estimate of drug-likeness (QED) is 0.816. The third-order valence-corrected chi connectivity index (χ3v) is 5.48. The van der Waals surface area contributed by atoms with E-state index in [9.17, 15) is 8.42 Å². The molecule has 1 aromatic carbocycles. The van der Waals surface area contributed by atoms with E-state index in [1.807, 2.05) is 18.5 Å². The predicted octanol–water partition coefficient (Wildman–Crippen LogP) is 2.04. The van der Waals surface area contributed by atoms with Crippen LogP contribution in [0.2, 0.25) is 0 Å². The summed E-state index contributed by atoms with van der Waals surface area (Å²) < 4.78 is 33.4. The molecule has 0 aliphatic heterocycles. The number of aryl methyl sites for hydroxylation is 1. The van der Waals surface area contributed by atoms with Gasteiger partial charge < -0.3 is 4.74 Å². The fraction of sp³-hybridized carbons (Fsp3) is 0.400. The normalized spacial score (nSPS) is 11.9. The van der Waals surface area contributed by atoms with Crippen molar-refractivity contribution in [2.45, 2.75) is 31.8 Å². The molecule has 1 aromatic heterocycles. The van der Waals surface area contributed by atoms with Crippen LogP contribution in [0.25, 0.3) is 0 Å². The summed E-state index contributed by atoms with van der Waals surface area (Å²) in [5.41, 5.74) is 1.89. The van der Waals surface area contributed by atoms with E-state index in [0.29, 0.717) is 12.3 Å². The first-order valence-electron chi connectivity index (χ1n) is 7.01. The molecule has 0 aliphatic rings. The van der Waals surface area contributed by atoms with Crippen molar-refractivity contribution in [2.24, 2.45) is 0 Å². The Labute approximate surface area is 131 Å². The number of methoxy groups -OCH3 is 1. The van der Waals surface area contributed by atoms with Gasteiger partial charge in [0.05, 0.1) is 18.2 Å². The van der Waals surface area contributed by atoms with Gasteiger partial charge >= 0.3 is 0 Å². The summed E-state index contributed by atoms with van der Waals surface area (Å²) in [7, 11) is -0.418. The lowest BCUT2D eigenvalue weighted by atomic mass is 10.2. The standard InChI is InChI=1S/C15H21N3O3S/c1-5-18-12(2)13(10-16-18)11-17(3)22(19,20)15-8-6-14(21-4)7-9-15/h6-10H,5,11H2,1-4H3. The van der Waals surface area contributed by atoms with Gasteiger partial charge in [-0.2, -0.15) is 9.40 Å². The molecule has 6 nitrogen and oxygen atoms in total. The van der Waals surface area contributed by atoms with Gasteiger partial charge in [0.1, 0.15) is 5.75 Å².